The minimum Gasteiger partial charge on any atom is -0.357 e. The van der Waals surface area contributed by atoms with Crippen LogP contribution in [0.2, 0.25) is 0 Å². The van der Waals surface area contributed by atoms with Crippen LogP contribution >= 0.6 is 11.3 Å². The van der Waals surface area contributed by atoms with Crippen molar-refractivity contribution in [1.82, 2.24) is 15.3 Å². The molecular weight excluding hydrogens is 322 g/mol. The number of carbonyl (C=O) groups is 1. The predicted octanol–water partition coefficient (Wildman–Crippen LogP) is 1.96. The van der Waals surface area contributed by atoms with E-state index in [1.165, 1.54) is 30.6 Å². The molecule has 0 aliphatic carbocycles. The molecule has 0 spiro atoms. The summed E-state index contributed by atoms with van der Waals surface area (Å²) in [5, 5.41) is 5.61. The van der Waals surface area contributed by atoms with Crippen molar-refractivity contribution in [2.24, 2.45) is 5.73 Å². The van der Waals surface area contributed by atoms with Crippen molar-refractivity contribution >= 4 is 23.1 Å². The molecule has 24 heavy (non-hydrogen) atoms. The van der Waals surface area contributed by atoms with Gasteiger partial charge in [0.15, 0.2) is 0 Å². The summed E-state index contributed by atoms with van der Waals surface area (Å²) in [7, 11) is 0. The Morgan fingerprint density at radius 1 is 1.33 bits per heavy atom. The first-order valence-electron chi connectivity index (χ1n) is 8.39. The normalized spacial score (nSPS) is 14.6. The second-order valence-corrected chi connectivity index (χ2v) is 6.86. The van der Waals surface area contributed by atoms with Gasteiger partial charge in [-0.05, 0) is 43.5 Å². The Balaban J connectivity index is 1.58. The van der Waals surface area contributed by atoms with E-state index in [1.54, 1.807) is 5.38 Å². The summed E-state index contributed by atoms with van der Waals surface area (Å²) >= 11 is 1.48. The quantitative estimate of drug-likeness (QED) is 0.836. The lowest BCUT2D eigenvalue weighted by Gasteiger charge is -2.27. The second-order valence-electron chi connectivity index (χ2n) is 5.92. The highest BCUT2D eigenvalue weighted by atomic mass is 32.1. The van der Waals surface area contributed by atoms with Gasteiger partial charge in [-0.15, -0.1) is 11.3 Å². The topological polar surface area (TPSA) is 84.1 Å². The van der Waals surface area contributed by atoms with Crippen molar-refractivity contribution in [1.29, 1.82) is 0 Å². The molecule has 6 nitrogen and oxygen atoms in total. The van der Waals surface area contributed by atoms with Crippen LogP contribution in [0.3, 0.4) is 0 Å². The van der Waals surface area contributed by atoms with Gasteiger partial charge in [0, 0.05) is 37.6 Å². The van der Waals surface area contributed by atoms with Crippen molar-refractivity contribution < 1.29 is 4.79 Å². The van der Waals surface area contributed by atoms with E-state index < -0.39 is 0 Å². The number of anilines is 1. The molecule has 3 heterocycles. The molecule has 1 fully saturated rings. The standard InChI is InChI=1S/C17H23N5OS/c18-6-4-16-21-14(12-24-16)17(23)20-11-13-5-7-19-15(10-13)22-8-2-1-3-9-22/h5,7,10,12H,1-4,6,8-9,11,18H2,(H,20,23). The highest BCUT2D eigenvalue weighted by molar-refractivity contribution is 7.09. The minimum absolute atomic E-state index is 0.147. The number of nitrogens with one attached hydrogen (secondary N) is 1. The summed E-state index contributed by atoms with van der Waals surface area (Å²) in [5.74, 6) is 0.853. The molecule has 0 aromatic carbocycles. The zero-order chi connectivity index (χ0) is 16.8. The first kappa shape index (κ1) is 16.9. The summed E-state index contributed by atoms with van der Waals surface area (Å²) in [6.07, 6.45) is 6.26. The fourth-order valence-electron chi connectivity index (χ4n) is 2.79. The van der Waals surface area contributed by atoms with Crippen LogP contribution in [0.5, 0.6) is 0 Å². The molecule has 1 aliphatic heterocycles. The fraction of sp³-hybridized carbons (Fsp3) is 0.471. The third-order valence-electron chi connectivity index (χ3n) is 4.09. The number of hydrogen-bond donors (Lipinski definition) is 2. The van der Waals surface area contributed by atoms with Crippen molar-refractivity contribution in [2.75, 3.05) is 24.5 Å². The minimum atomic E-state index is -0.147. The van der Waals surface area contributed by atoms with Crippen LogP contribution in [0.15, 0.2) is 23.7 Å². The van der Waals surface area contributed by atoms with Crippen molar-refractivity contribution in [2.45, 2.75) is 32.2 Å². The van der Waals surface area contributed by atoms with E-state index in [9.17, 15) is 4.79 Å². The molecule has 128 valence electrons. The SMILES string of the molecule is NCCc1nc(C(=O)NCc2ccnc(N3CCCCC3)c2)cs1. The molecule has 2 aromatic rings. The average Bonchev–Trinajstić information content (AvgIpc) is 3.10. The van der Waals surface area contributed by atoms with Crippen LogP contribution in [-0.4, -0.2) is 35.5 Å². The van der Waals surface area contributed by atoms with Crippen LogP contribution in [-0.2, 0) is 13.0 Å². The van der Waals surface area contributed by atoms with E-state index in [0.717, 1.165) is 29.5 Å². The number of hydrogen-bond acceptors (Lipinski definition) is 6. The maximum atomic E-state index is 12.2. The number of carbonyl (C=O) groups excluding carboxylic acids is 1. The van der Waals surface area contributed by atoms with E-state index >= 15 is 0 Å². The Bertz CT molecular complexity index is 681. The van der Waals surface area contributed by atoms with Gasteiger partial charge in [-0.1, -0.05) is 0 Å². The van der Waals surface area contributed by atoms with Gasteiger partial charge < -0.3 is 16.0 Å². The number of thiazole rings is 1. The lowest BCUT2D eigenvalue weighted by atomic mass is 10.1. The molecule has 0 atom stereocenters. The summed E-state index contributed by atoms with van der Waals surface area (Å²) in [4.78, 5) is 23.3. The lowest BCUT2D eigenvalue weighted by Crippen LogP contribution is -2.30. The molecule has 0 bridgehead atoms. The first-order valence-corrected chi connectivity index (χ1v) is 9.27. The van der Waals surface area contributed by atoms with Gasteiger partial charge in [-0.2, -0.15) is 0 Å². The number of piperidine rings is 1. The number of rotatable bonds is 6. The number of pyridine rings is 1. The smallest absolute Gasteiger partial charge is 0.271 e. The van der Waals surface area contributed by atoms with Crippen LogP contribution in [0, 0.1) is 0 Å². The number of aromatic nitrogens is 2. The van der Waals surface area contributed by atoms with Crippen LogP contribution in [0.4, 0.5) is 5.82 Å². The Labute approximate surface area is 146 Å². The molecule has 7 heteroatoms. The Hall–Kier alpha value is -1.99. The monoisotopic (exact) mass is 345 g/mol. The number of amides is 1. The maximum Gasteiger partial charge on any atom is 0.271 e. The summed E-state index contributed by atoms with van der Waals surface area (Å²) < 4.78 is 0. The second kappa shape index (κ2) is 8.21. The van der Waals surface area contributed by atoms with Gasteiger partial charge in [0.25, 0.3) is 5.91 Å². The molecule has 3 rings (SSSR count). The van der Waals surface area contributed by atoms with Crippen molar-refractivity contribution in [3.8, 4) is 0 Å². The van der Waals surface area contributed by atoms with E-state index in [4.69, 9.17) is 5.73 Å². The van der Waals surface area contributed by atoms with Crippen molar-refractivity contribution in [3.05, 3.63) is 40.0 Å². The zero-order valence-electron chi connectivity index (χ0n) is 13.7. The molecular formula is C17H23N5OS. The van der Waals surface area contributed by atoms with Gasteiger partial charge >= 0.3 is 0 Å². The van der Waals surface area contributed by atoms with Gasteiger partial charge in [0.1, 0.15) is 11.5 Å². The van der Waals surface area contributed by atoms with E-state index in [2.05, 4.69) is 26.3 Å². The highest BCUT2D eigenvalue weighted by Crippen LogP contribution is 2.18. The molecule has 0 unspecified atom stereocenters. The fourth-order valence-corrected chi connectivity index (χ4v) is 3.59. The molecule has 1 amide bonds. The molecule has 0 saturated carbocycles. The van der Waals surface area contributed by atoms with Crippen molar-refractivity contribution in [3.63, 3.8) is 0 Å². The summed E-state index contributed by atoms with van der Waals surface area (Å²) in [6.45, 7) is 3.15. The lowest BCUT2D eigenvalue weighted by molar-refractivity contribution is 0.0946. The largest absolute Gasteiger partial charge is 0.357 e. The maximum absolute atomic E-state index is 12.2. The number of nitrogens with two attached hydrogens (primary N) is 1. The van der Waals surface area contributed by atoms with Gasteiger partial charge in [0.2, 0.25) is 0 Å². The van der Waals surface area contributed by atoms with E-state index in [0.29, 0.717) is 25.2 Å². The van der Waals surface area contributed by atoms with Crippen LogP contribution in [0.25, 0.3) is 0 Å². The first-order chi connectivity index (χ1) is 11.8. The molecule has 2 aromatic heterocycles. The average molecular weight is 345 g/mol. The summed E-state index contributed by atoms with van der Waals surface area (Å²) in [6, 6.07) is 4.00. The molecule has 0 radical (unpaired) electrons. The molecule has 1 saturated heterocycles. The molecule has 1 aliphatic rings. The van der Waals surface area contributed by atoms with Crippen LogP contribution in [0.1, 0.15) is 40.3 Å². The van der Waals surface area contributed by atoms with Gasteiger partial charge in [-0.25, -0.2) is 9.97 Å². The summed E-state index contributed by atoms with van der Waals surface area (Å²) in [5.41, 5.74) is 7.03. The van der Waals surface area contributed by atoms with E-state index in [-0.39, 0.29) is 5.91 Å². The zero-order valence-corrected chi connectivity index (χ0v) is 14.5. The molecule has 3 N–H and O–H groups in total. The third kappa shape index (κ3) is 4.30. The highest BCUT2D eigenvalue weighted by Gasteiger charge is 2.13. The van der Waals surface area contributed by atoms with E-state index in [1.807, 2.05) is 12.3 Å². The Morgan fingerprint density at radius 3 is 2.96 bits per heavy atom. The van der Waals surface area contributed by atoms with Crippen LogP contribution < -0.4 is 16.0 Å². The van der Waals surface area contributed by atoms with Gasteiger partial charge in [0.05, 0.1) is 5.01 Å². The number of nitrogens with zero attached hydrogens (tertiary/aromatic N) is 3. The Kier molecular flexibility index (Phi) is 5.77. The Morgan fingerprint density at radius 2 is 2.17 bits per heavy atom. The third-order valence-corrected chi connectivity index (χ3v) is 4.99. The predicted molar refractivity (Wildman–Crippen MR) is 96.3 cm³/mol. The van der Waals surface area contributed by atoms with Gasteiger partial charge in [-0.3, -0.25) is 4.79 Å².